The topological polar surface area (TPSA) is 136 Å². The third-order valence-corrected chi connectivity index (χ3v) is 8.04. The average Bonchev–Trinajstić information content (AvgIpc) is 3.43. The van der Waals surface area contributed by atoms with Gasteiger partial charge in [0.15, 0.2) is 5.82 Å². The molecule has 2 unspecified atom stereocenters. The number of aryl methyl sites for hydroxylation is 1. The number of rotatable bonds is 17. The highest BCUT2D eigenvalue weighted by molar-refractivity contribution is 6.31. The fourth-order valence-electron chi connectivity index (χ4n) is 5.34. The van der Waals surface area contributed by atoms with Gasteiger partial charge in [-0.05, 0) is 87.0 Å². The molecule has 9 nitrogen and oxygen atoms in total. The number of aromatic amines is 1. The third-order valence-electron chi connectivity index (χ3n) is 7.76. The zero-order valence-electron chi connectivity index (χ0n) is 26.4. The first kappa shape index (κ1) is 34.3. The summed E-state index contributed by atoms with van der Waals surface area (Å²) in [6.07, 6.45) is 7.73. The monoisotopic (exact) mass is 637 g/mol. The Morgan fingerprint density at radius 2 is 1.98 bits per heavy atom. The van der Waals surface area contributed by atoms with Gasteiger partial charge in [-0.2, -0.15) is 4.98 Å². The predicted molar refractivity (Wildman–Crippen MR) is 182 cm³/mol. The zero-order valence-corrected chi connectivity index (χ0v) is 27.2. The number of hydrogen-bond donors (Lipinski definition) is 4. The first-order chi connectivity index (χ1) is 21.7. The van der Waals surface area contributed by atoms with Gasteiger partial charge < -0.3 is 26.5 Å². The lowest BCUT2D eigenvalue weighted by molar-refractivity contribution is 0.207. The molecule has 45 heavy (non-hydrogen) atoms. The molecular weight excluding hydrogens is 593 g/mol. The highest BCUT2D eigenvalue weighted by atomic mass is 35.5. The van der Waals surface area contributed by atoms with Gasteiger partial charge in [0.25, 0.3) is 0 Å². The van der Waals surface area contributed by atoms with Crippen molar-refractivity contribution in [1.29, 1.82) is 0 Å². The number of nitrogens with zero attached hydrogens (tertiary/aromatic N) is 3. The molecular formula is C34H45ClFN7O2. The highest BCUT2D eigenvalue weighted by Crippen LogP contribution is 2.31. The van der Waals surface area contributed by atoms with E-state index in [1.165, 1.54) is 4.57 Å². The minimum absolute atomic E-state index is 0.0570. The maximum Gasteiger partial charge on any atom is 0.354 e. The molecule has 4 aromatic rings. The Hall–Kier alpha value is -3.57. The van der Waals surface area contributed by atoms with Crippen molar-refractivity contribution in [2.75, 3.05) is 26.8 Å². The van der Waals surface area contributed by atoms with Crippen LogP contribution in [0.4, 0.5) is 4.39 Å². The number of nitrogens with two attached hydrogens (primary N) is 2. The molecule has 4 rings (SSSR count). The quantitative estimate of drug-likeness (QED) is 0.0631. The maximum absolute atomic E-state index is 15.1. The lowest BCUT2D eigenvalue weighted by atomic mass is 10.0. The van der Waals surface area contributed by atoms with Crippen LogP contribution in [0.3, 0.4) is 0 Å². The van der Waals surface area contributed by atoms with E-state index in [9.17, 15) is 4.79 Å². The van der Waals surface area contributed by atoms with Crippen LogP contribution in [0.15, 0.2) is 58.4 Å². The van der Waals surface area contributed by atoms with Crippen molar-refractivity contribution in [3.05, 3.63) is 81.1 Å². The number of benzene rings is 2. The largest absolute Gasteiger partial charge is 0.387 e. The number of hydrogen-bond acceptors (Lipinski definition) is 6. The summed E-state index contributed by atoms with van der Waals surface area (Å²) in [4.78, 5) is 24.8. The molecule has 242 valence electrons. The molecule has 2 heterocycles. The average molecular weight is 638 g/mol. The van der Waals surface area contributed by atoms with Crippen LogP contribution in [0.5, 0.6) is 0 Å². The molecule has 0 aliphatic carbocycles. The van der Waals surface area contributed by atoms with Crippen molar-refractivity contribution in [3.63, 3.8) is 0 Å². The van der Waals surface area contributed by atoms with Crippen molar-refractivity contribution < 1.29 is 9.13 Å². The van der Waals surface area contributed by atoms with E-state index in [2.05, 4.69) is 27.2 Å². The summed E-state index contributed by atoms with van der Waals surface area (Å²) in [5, 5.41) is 4.37. The molecule has 0 amide bonds. The molecule has 11 heteroatoms. The fraction of sp³-hybridized carbons (Fsp3) is 0.441. The highest BCUT2D eigenvalue weighted by Gasteiger charge is 2.16. The van der Waals surface area contributed by atoms with Crippen LogP contribution in [0.1, 0.15) is 69.5 Å². The van der Waals surface area contributed by atoms with Gasteiger partial charge in [-0.15, -0.1) is 0 Å². The molecule has 0 saturated carbocycles. The Kier molecular flexibility index (Phi) is 12.7. The van der Waals surface area contributed by atoms with Crippen LogP contribution < -0.4 is 22.5 Å². The van der Waals surface area contributed by atoms with Gasteiger partial charge in [0.2, 0.25) is 0 Å². The van der Waals surface area contributed by atoms with Crippen LogP contribution >= 0.6 is 11.6 Å². The number of fused-ring (bicyclic) bond motifs is 1. The first-order valence-electron chi connectivity index (χ1n) is 15.7. The smallest absolute Gasteiger partial charge is 0.354 e. The second-order valence-corrected chi connectivity index (χ2v) is 12.0. The van der Waals surface area contributed by atoms with E-state index in [1.54, 1.807) is 31.5 Å². The van der Waals surface area contributed by atoms with Crippen LogP contribution in [-0.4, -0.2) is 53.2 Å². The van der Waals surface area contributed by atoms with Gasteiger partial charge >= 0.3 is 5.69 Å². The summed E-state index contributed by atoms with van der Waals surface area (Å²) in [5.74, 6) is 0.102. The number of halogens is 2. The number of nitrogens with one attached hydrogen (secondary N) is 2. The van der Waals surface area contributed by atoms with Gasteiger partial charge in [0.1, 0.15) is 5.65 Å². The molecule has 0 spiro atoms. The Labute approximate surface area is 269 Å². The molecule has 0 saturated heterocycles. The summed E-state index contributed by atoms with van der Waals surface area (Å²) in [6, 6.07) is 13.5. The maximum atomic E-state index is 15.1. The van der Waals surface area contributed by atoms with Crippen LogP contribution in [0, 0.1) is 5.82 Å². The zero-order chi connectivity index (χ0) is 32.3. The third kappa shape index (κ3) is 9.46. The molecule has 0 aliphatic heterocycles. The second kappa shape index (κ2) is 16.7. The van der Waals surface area contributed by atoms with Crippen LogP contribution in [-0.2, 0) is 11.2 Å². The number of aliphatic imine (C=N–C) groups is 1. The summed E-state index contributed by atoms with van der Waals surface area (Å²) in [6.45, 7) is 6.18. The minimum Gasteiger partial charge on any atom is -0.387 e. The van der Waals surface area contributed by atoms with Gasteiger partial charge in [0.05, 0.1) is 28.8 Å². The van der Waals surface area contributed by atoms with Gasteiger partial charge in [0, 0.05) is 49.3 Å². The van der Waals surface area contributed by atoms with Gasteiger partial charge in [-0.1, -0.05) is 37.1 Å². The first-order valence-corrected chi connectivity index (χ1v) is 16.1. The SMILES string of the molecule is CCCC(NCCCN=C(N)CCOC)c1ccc(-n2cc3cc(-c4cc(CCCC(C)N)cc(Cl)c4F)[nH]c3nc2=O)cc1. The molecule has 0 aliphatic rings. The number of H-pyrrole nitrogens is 1. The van der Waals surface area contributed by atoms with Crippen molar-refractivity contribution in [2.24, 2.45) is 16.5 Å². The van der Waals surface area contributed by atoms with Crippen LogP contribution in [0.25, 0.3) is 28.0 Å². The summed E-state index contributed by atoms with van der Waals surface area (Å²) in [5.41, 5.74) is 15.4. The Balaban J connectivity index is 1.49. The van der Waals surface area contributed by atoms with E-state index >= 15 is 4.39 Å². The molecule has 2 atom stereocenters. The summed E-state index contributed by atoms with van der Waals surface area (Å²) >= 11 is 6.26. The van der Waals surface area contributed by atoms with Crippen molar-refractivity contribution in [3.8, 4) is 16.9 Å². The lowest BCUT2D eigenvalue weighted by Gasteiger charge is -2.19. The minimum atomic E-state index is -0.515. The normalized spacial score (nSPS) is 13.4. The van der Waals surface area contributed by atoms with E-state index in [0.717, 1.165) is 56.2 Å². The van der Waals surface area contributed by atoms with E-state index in [4.69, 9.17) is 27.8 Å². The van der Waals surface area contributed by atoms with Crippen molar-refractivity contribution >= 4 is 28.5 Å². The van der Waals surface area contributed by atoms with Crippen molar-refractivity contribution in [1.82, 2.24) is 19.9 Å². The van der Waals surface area contributed by atoms with Gasteiger partial charge in [-0.25, -0.2) is 9.18 Å². The Morgan fingerprint density at radius 3 is 2.69 bits per heavy atom. The summed E-state index contributed by atoms with van der Waals surface area (Å²) < 4.78 is 21.7. The van der Waals surface area contributed by atoms with E-state index in [1.807, 2.05) is 31.2 Å². The Bertz CT molecular complexity index is 1630. The molecule has 0 radical (unpaired) electrons. The van der Waals surface area contributed by atoms with E-state index < -0.39 is 11.5 Å². The molecule has 6 N–H and O–H groups in total. The van der Waals surface area contributed by atoms with E-state index in [-0.39, 0.29) is 17.1 Å². The predicted octanol–water partition coefficient (Wildman–Crippen LogP) is 6.06. The van der Waals surface area contributed by atoms with Gasteiger partial charge in [-0.3, -0.25) is 9.56 Å². The van der Waals surface area contributed by atoms with E-state index in [0.29, 0.717) is 53.4 Å². The molecule has 2 aromatic heterocycles. The Morgan fingerprint density at radius 1 is 1.20 bits per heavy atom. The van der Waals surface area contributed by atoms with Crippen LogP contribution in [0.2, 0.25) is 5.02 Å². The molecule has 2 aromatic carbocycles. The lowest BCUT2D eigenvalue weighted by Crippen LogP contribution is -2.24. The summed E-state index contributed by atoms with van der Waals surface area (Å²) in [7, 11) is 1.65. The standard InChI is InChI=1S/C34H45ClFN7O2/c1-4-7-29(39-15-6-16-40-31(38)14-17-45-3)24-10-12-26(13-11-24)43-21-25-20-30(41-33(25)42-34(43)44)27-18-23(9-5-8-22(2)37)19-28(35)32(27)36/h10-13,18-22,29,39H,4-9,14-17,37H2,1-3H3,(H2,38,40)(H,41,42,44). The number of amidine groups is 1. The number of aromatic nitrogens is 3. The second-order valence-electron chi connectivity index (χ2n) is 11.5. The number of ether oxygens (including phenoxy) is 1. The van der Waals surface area contributed by atoms with Crippen molar-refractivity contribution in [2.45, 2.75) is 70.9 Å². The molecule has 0 bridgehead atoms. The number of methoxy groups -OCH3 is 1. The molecule has 0 fully saturated rings. The fourth-order valence-corrected chi connectivity index (χ4v) is 5.59.